The van der Waals surface area contributed by atoms with E-state index in [2.05, 4.69) is 9.88 Å². The Bertz CT molecular complexity index is 667. The van der Waals surface area contributed by atoms with E-state index in [9.17, 15) is 4.79 Å². The second-order valence-electron chi connectivity index (χ2n) is 8.32. The Kier molecular flexibility index (Phi) is 6.97. The summed E-state index contributed by atoms with van der Waals surface area (Å²) in [4.78, 5) is 18.4. The molecule has 4 rings (SSSR count). The third-order valence-corrected chi connectivity index (χ3v) is 6.81. The topological polar surface area (TPSA) is 77.7 Å². The lowest BCUT2D eigenvalue weighted by molar-refractivity contribution is -0.173. The first-order valence-corrected chi connectivity index (χ1v) is 10.3. The predicted octanol–water partition coefficient (Wildman–Crippen LogP) is 2.75. The van der Waals surface area contributed by atoms with Gasteiger partial charge in [-0.25, -0.2) is 0 Å². The molecule has 2 unspecified atom stereocenters. The van der Waals surface area contributed by atoms with Crippen LogP contribution in [0.4, 0.5) is 0 Å². The van der Waals surface area contributed by atoms with Gasteiger partial charge in [0.2, 0.25) is 0 Å². The van der Waals surface area contributed by atoms with Crippen molar-refractivity contribution in [2.24, 2.45) is 17.6 Å². The Labute approximate surface area is 173 Å². The van der Waals surface area contributed by atoms with Crippen LogP contribution in [0, 0.1) is 11.8 Å². The fourth-order valence-electron chi connectivity index (χ4n) is 5.64. The maximum Gasteiger partial charge on any atom is 0.267 e. The zero-order chi connectivity index (χ0) is 18.9. The van der Waals surface area contributed by atoms with E-state index in [-0.39, 0.29) is 18.0 Å². The van der Waals surface area contributed by atoms with Crippen molar-refractivity contribution in [1.29, 1.82) is 0 Å². The van der Waals surface area contributed by atoms with E-state index in [1.54, 1.807) is 6.20 Å². The molecule has 0 radical (unpaired) electrons. The molecule has 28 heavy (non-hydrogen) atoms. The van der Waals surface area contributed by atoms with Crippen LogP contribution in [0.5, 0.6) is 0 Å². The van der Waals surface area contributed by atoms with Gasteiger partial charge >= 0.3 is 0 Å². The lowest BCUT2D eigenvalue weighted by Crippen LogP contribution is -2.60. The Balaban J connectivity index is 0.00000225. The molecule has 2 N–H and O–H groups in total. The molecule has 3 heterocycles. The minimum atomic E-state index is -0.486. The van der Waals surface area contributed by atoms with Crippen LogP contribution in [-0.4, -0.2) is 55.2 Å². The molecule has 0 aromatic carbocycles. The summed E-state index contributed by atoms with van der Waals surface area (Å²) < 4.78 is 12.2. The zero-order valence-electron chi connectivity index (χ0n) is 16.6. The summed E-state index contributed by atoms with van der Waals surface area (Å²) in [5.41, 5.74) is 6.49. The summed E-state index contributed by atoms with van der Waals surface area (Å²) in [6.45, 7) is 3.95. The van der Waals surface area contributed by atoms with Crippen LogP contribution in [0.15, 0.2) is 18.3 Å². The Morgan fingerprint density at radius 2 is 2.04 bits per heavy atom. The van der Waals surface area contributed by atoms with Crippen molar-refractivity contribution in [3.8, 4) is 0 Å². The predicted molar refractivity (Wildman–Crippen MR) is 110 cm³/mol. The molecule has 2 saturated heterocycles. The van der Waals surface area contributed by atoms with Gasteiger partial charge < -0.3 is 15.2 Å². The van der Waals surface area contributed by atoms with Crippen LogP contribution in [0.2, 0.25) is 0 Å². The van der Waals surface area contributed by atoms with Gasteiger partial charge in [0, 0.05) is 51.4 Å². The Morgan fingerprint density at radius 3 is 2.64 bits per heavy atom. The molecule has 3 aliphatic rings. The van der Waals surface area contributed by atoms with Crippen molar-refractivity contribution >= 4 is 18.3 Å². The van der Waals surface area contributed by atoms with Gasteiger partial charge in [0.05, 0.1) is 6.10 Å². The molecular weight excluding hydrogens is 378 g/mol. The highest BCUT2D eigenvalue weighted by molar-refractivity contribution is 5.90. The van der Waals surface area contributed by atoms with Crippen molar-refractivity contribution in [2.75, 3.05) is 33.4 Å². The number of ether oxygens (including phenoxy) is 2. The summed E-state index contributed by atoms with van der Waals surface area (Å²) >= 11 is 0. The first-order valence-electron chi connectivity index (χ1n) is 10.3. The smallest absolute Gasteiger partial charge is 0.267 e. The normalized spacial score (nSPS) is 33.1. The van der Waals surface area contributed by atoms with Crippen LogP contribution in [0.1, 0.15) is 54.6 Å². The van der Waals surface area contributed by atoms with Gasteiger partial charge in [-0.2, -0.15) is 0 Å². The summed E-state index contributed by atoms with van der Waals surface area (Å²) in [5, 5.41) is 0. The second-order valence-corrected chi connectivity index (χ2v) is 8.32. The Hall–Kier alpha value is -1.21. The van der Waals surface area contributed by atoms with Gasteiger partial charge in [-0.3, -0.25) is 14.7 Å². The van der Waals surface area contributed by atoms with Gasteiger partial charge in [-0.1, -0.05) is 6.42 Å². The summed E-state index contributed by atoms with van der Waals surface area (Å²) in [6.07, 6.45) is 9.22. The van der Waals surface area contributed by atoms with E-state index in [4.69, 9.17) is 15.2 Å². The minimum Gasteiger partial charge on any atom is -0.377 e. The average molecular weight is 410 g/mol. The van der Waals surface area contributed by atoms with Gasteiger partial charge in [-0.05, 0) is 49.8 Å². The van der Waals surface area contributed by atoms with E-state index in [1.807, 2.05) is 19.2 Å². The number of pyridine rings is 1. The molecule has 2 aliphatic heterocycles. The third kappa shape index (κ3) is 3.92. The van der Waals surface area contributed by atoms with E-state index in [0.717, 1.165) is 44.6 Å². The van der Waals surface area contributed by atoms with Crippen molar-refractivity contribution in [2.45, 2.75) is 50.2 Å². The highest BCUT2D eigenvalue weighted by Gasteiger charge is 2.53. The number of piperidine rings is 1. The van der Waals surface area contributed by atoms with Crippen LogP contribution in [-0.2, 0) is 15.1 Å². The number of nitrogens with zero attached hydrogens (tertiary/aromatic N) is 2. The first-order chi connectivity index (χ1) is 13.1. The number of nitrogens with two attached hydrogens (primary N) is 1. The molecule has 1 saturated carbocycles. The number of aromatic nitrogens is 1. The number of likely N-dealkylation sites (tertiary alicyclic amines) is 1. The number of hydrogen-bond acceptors (Lipinski definition) is 5. The summed E-state index contributed by atoms with van der Waals surface area (Å²) in [6, 6.07) is 3.85. The standard InChI is InChI=1S/C21H31N3O3.ClH/c1-26-21(15-8-9-23-19(11-15)20(22)25)16-5-4-6-17(21)13-24(12-16)14-18-7-2-3-10-27-18;/h8-9,11,16-18H,2-7,10,12-14H2,1H3,(H2,22,25);1H/t16?,17?,18-,21?;/m0./s1. The molecule has 0 spiro atoms. The monoisotopic (exact) mass is 409 g/mol. The zero-order valence-corrected chi connectivity index (χ0v) is 17.5. The lowest BCUT2D eigenvalue weighted by atomic mass is 9.62. The van der Waals surface area contributed by atoms with Crippen molar-refractivity contribution < 1.29 is 14.3 Å². The molecule has 3 fully saturated rings. The number of hydrogen-bond donors (Lipinski definition) is 1. The molecule has 1 aliphatic carbocycles. The molecule has 2 bridgehead atoms. The summed E-state index contributed by atoms with van der Waals surface area (Å²) in [5.74, 6) is 0.323. The number of rotatable bonds is 5. The first kappa shape index (κ1) is 21.5. The number of carbonyl (C=O) groups excluding carboxylic acids is 1. The van der Waals surface area contributed by atoms with E-state index < -0.39 is 5.91 Å². The number of methoxy groups -OCH3 is 1. The van der Waals surface area contributed by atoms with Crippen molar-refractivity contribution in [1.82, 2.24) is 9.88 Å². The molecule has 1 aromatic heterocycles. The van der Waals surface area contributed by atoms with Crippen LogP contribution in [0.25, 0.3) is 0 Å². The van der Waals surface area contributed by atoms with Gasteiger partial charge in [0.15, 0.2) is 0 Å². The number of fused-ring (bicyclic) bond motifs is 2. The van der Waals surface area contributed by atoms with E-state index >= 15 is 0 Å². The maximum absolute atomic E-state index is 11.6. The van der Waals surface area contributed by atoms with Crippen LogP contribution >= 0.6 is 12.4 Å². The summed E-state index contributed by atoms with van der Waals surface area (Å²) in [7, 11) is 1.82. The number of amides is 1. The molecular formula is C21H32ClN3O3. The SMILES string of the molecule is COC1(c2ccnc(C(N)=O)c2)C2CCCC1CN(C[C@@H]1CCCCO1)C2.Cl. The lowest BCUT2D eigenvalue weighted by Gasteiger charge is -2.55. The quantitative estimate of drug-likeness (QED) is 0.809. The van der Waals surface area contributed by atoms with E-state index in [0.29, 0.717) is 23.6 Å². The largest absolute Gasteiger partial charge is 0.377 e. The van der Waals surface area contributed by atoms with Crippen molar-refractivity contribution in [3.63, 3.8) is 0 Å². The fraction of sp³-hybridized carbons (Fsp3) is 0.714. The van der Waals surface area contributed by atoms with Crippen molar-refractivity contribution in [3.05, 3.63) is 29.6 Å². The van der Waals surface area contributed by atoms with Crippen LogP contribution in [0.3, 0.4) is 0 Å². The van der Waals surface area contributed by atoms with Crippen LogP contribution < -0.4 is 5.73 Å². The van der Waals surface area contributed by atoms with E-state index in [1.165, 1.54) is 25.7 Å². The number of carbonyl (C=O) groups is 1. The molecule has 156 valence electrons. The van der Waals surface area contributed by atoms with Gasteiger partial charge in [0.25, 0.3) is 5.91 Å². The molecule has 3 atom stereocenters. The highest BCUT2D eigenvalue weighted by atomic mass is 35.5. The third-order valence-electron chi connectivity index (χ3n) is 6.81. The highest BCUT2D eigenvalue weighted by Crippen LogP contribution is 2.51. The minimum absolute atomic E-state index is 0. The van der Waals surface area contributed by atoms with Gasteiger partial charge in [0.1, 0.15) is 11.3 Å². The fourth-order valence-corrected chi connectivity index (χ4v) is 5.64. The molecule has 1 amide bonds. The maximum atomic E-state index is 11.6. The average Bonchev–Trinajstić information content (AvgIpc) is 2.68. The Morgan fingerprint density at radius 1 is 1.29 bits per heavy atom. The molecule has 7 heteroatoms. The van der Waals surface area contributed by atoms with Gasteiger partial charge in [-0.15, -0.1) is 12.4 Å². The molecule has 6 nitrogen and oxygen atoms in total. The molecule has 1 aromatic rings. The number of halogens is 1. The number of primary amides is 1. The second kappa shape index (κ2) is 9.08.